The molecule has 1 aliphatic rings. The molecule has 0 heterocycles. The highest BCUT2D eigenvalue weighted by Crippen LogP contribution is 2.32. The van der Waals surface area contributed by atoms with Crippen molar-refractivity contribution in [2.45, 2.75) is 19.8 Å². The summed E-state index contributed by atoms with van der Waals surface area (Å²) in [5.74, 6) is 0.739. The summed E-state index contributed by atoms with van der Waals surface area (Å²) in [6.45, 7) is 1.93. The summed E-state index contributed by atoms with van der Waals surface area (Å²) in [6, 6.07) is 7.43. The minimum absolute atomic E-state index is 0.0185. The van der Waals surface area contributed by atoms with Crippen LogP contribution in [0.5, 0.6) is 5.75 Å². The van der Waals surface area contributed by atoms with Crippen molar-refractivity contribution in [1.29, 1.82) is 5.26 Å². The van der Waals surface area contributed by atoms with E-state index >= 15 is 0 Å². The second kappa shape index (κ2) is 4.88. The van der Waals surface area contributed by atoms with E-state index in [0.29, 0.717) is 11.4 Å². The van der Waals surface area contributed by atoms with Crippen LogP contribution in [0.3, 0.4) is 0 Å². The molecule has 1 aromatic carbocycles. The summed E-state index contributed by atoms with van der Waals surface area (Å²) in [7, 11) is 0. The summed E-state index contributed by atoms with van der Waals surface area (Å²) < 4.78 is 5.27. The highest BCUT2D eigenvalue weighted by Gasteiger charge is 2.30. The van der Waals surface area contributed by atoms with Crippen LogP contribution in [-0.4, -0.2) is 12.5 Å². The van der Waals surface area contributed by atoms with Crippen LogP contribution in [-0.2, 0) is 4.79 Å². The topological polar surface area (TPSA) is 62.1 Å². The molecule has 1 aromatic rings. The molecule has 17 heavy (non-hydrogen) atoms. The predicted octanol–water partition coefficient (Wildman–Crippen LogP) is 2.25. The number of nitrogens with zero attached hydrogens (tertiary/aromatic N) is 1. The molecule has 1 amide bonds. The number of benzene rings is 1. The maximum absolute atomic E-state index is 11.7. The minimum atomic E-state index is -0.0185. The number of anilines is 1. The molecular formula is C13H14N2O2. The van der Waals surface area contributed by atoms with E-state index < -0.39 is 0 Å². The minimum Gasteiger partial charge on any atom is -0.477 e. The number of rotatable bonds is 4. The molecular weight excluding hydrogens is 216 g/mol. The van der Waals surface area contributed by atoms with Crippen molar-refractivity contribution in [2.75, 3.05) is 11.9 Å². The number of amides is 1. The van der Waals surface area contributed by atoms with Crippen LogP contribution in [0.2, 0.25) is 0 Å². The molecule has 88 valence electrons. The van der Waals surface area contributed by atoms with Crippen LogP contribution < -0.4 is 10.1 Å². The van der Waals surface area contributed by atoms with E-state index in [1.807, 2.05) is 25.1 Å². The Kier molecular flexibility index (Phi) is 3.29. The van der Waals surface area contributed by atoms with Crippen LogP contribution in [0.15, 0.2) is 18.2 Å². The average molecular weight is 230 g/mol. The highest BCUT2D eigenvalue weighted by molar-refractivity contribution is 5.95. The molecule has 0 spiro atoms. The monoisotopic (exact) mass is 230 g/mol. The Morgan fingerprint density at radius 3 is 3.00 bits per heavy atom. The molecule has 0 atom stereocenters. The van der Waals surface area contributed by atoms with Gasteiger partial charge in [0.15, 0.2) is 6.61 Å². The van der Waals surface area contributed by atoms with Crippen molar-refractivity contribution >= 4 is 11.6 Å². The number of hydrogen-bond acceptors (Lipinski definition) is 3. The fourth-order valence-corrected chi connectivity index (χ4v) is 1.56. The Hall–Kier alpha value is -2.02. The number of nitriles is 1. The van der Waals surface area contributed by atoms with E-state index in [1.54, 1.807) is 6.07 Å². The Balaban J connectivity index is 2.14. The van der Waals surface area contributed by atoms with Gasteiger partial charge in [0, 0.05) is 5.92 Å². The lowest BCUT2D eigenvalue weighted by atomic mass is 10.2. The van der Waals surface area contributed by atoms with E-state index in [0.717, 1.165) is 18.4 Å². The van der Waals surface area contributed by atoms with E-state index in [-0.39, 0.29) is 18.4 Å². The Labute approximate surface area is 100 Å². The van der Waals surface area contributed by atoms with Gasteiger partial charge in [-0.05, 0) is 37.5 Å². The first-order chi connectivity index (χ1) is 8.20. The van der Waals surface area contributed by atoms with Gasteiger partial charge in [-0.3, -0.25) is 4.79 Å². The number of hydrogen-bond donors (Lipinski definition) is 1. The number of carbonyl (C=O) groups is 1. The summed E-state index contributed by atoms with van der Waals surface area (Å²) >= 11 is 0. The Bertz CT molecular complexity index is 473. The van der Waals surface area contributed by atoms with Gasteiger partial charge >= 0.3 is 0 Å². The molecule has 0 aliphatic heterocycles. The van der Waals surface area contributed by atoms with Gasteiger partial charge in [-0.2, -0.15) is 5.26 Å². The largest absolute Gasteiger partial charge is 0.477 e. The van der Waals surface area contributed by atoms with E-state index in [9.17, 15) is 4.79 Å². The molecule has 0 saturated heterocycles. The zero-order valence-electron chi connectivity index (χ0n) is 9.69. The van der Waals surface area contributed by atoms with E-state index in [2.05, 4.69) is 5.32 Å². The second-order valence-corrected chi connectivity index (χ2v) is 4.21. The number of aryl methyl sites for hydroxylation is 1. The number of carbonyl (C=O) groups excluding carboxylic acids is 1. The third-order valence-corrected chi connectivity index (χ3v) is 2.63. The van der Waals surface area contributed by atoms with Crippen LogP contribution in [0.1, 0.15) is 18.4 Å². The molecule has 4 nitrogen and oxygen atoms in total. The molecule has 1 fully saturated rings. The van der Waals surface area contributed by atoms with Gasteiger partial charge in [0.25, 0.3) is 0 Å². The maximum Gasteiger partial charge on any atom is 0.227 e. The van der Waals surface area contributed by atoms with Gasteiger partial charge in [0.1, 0.15) is 11.8 Å². The zero-order valence-corrected chi connectivity index (χ0v) is 9.69. The van der Waals surface area contributed by atoms with Gasteiger partial charge in [-0.15, -0.1) is 0 Å². The van der Waals surface area contributed by atoms with E-state index in [4.69, 9.17) is 10.00 Å². The first kappa shape index (κ1) is 11.5. The lowest BCUT2D eigenvalue weighted by Gasteiger charge is -2.11. The van der Waals surface area contributed by atoms with Crippen LogP contribution in [0.25, 0.3) is 0 Å². The molecule has 0 radical (unpaired) electrons. The van der Waals surface area contributed by atoms with Crippen molar-refractivity contribution in [3.8, 4) is 11.8 Å². The summed E-state index contributed by atoms with van der Waals surface area (Å²) in [5.41, 5.74) is 1.69. The van der Waals surface area contributed by atoms with Crippen LogP contribution >= 0.6 is 0 Å². The first-order valence-corrected chi connectivity index (χ1v) is 5.62. The summed E-state index contributed by atoms with van der Waals surface area (Å²) in [6.07, 6.45) is 1.93. The fourth-order valence-electron chi connectivity index (χ4n) is 1.56. The second-order valence-electron chi connectivity index (χ2n) is 4.21. The molecule has 0 unspecified atom stereocenters. The van der Waals surface area contributed by atoms with Crippen LogP contribution in [0, 0.1) is 24.2 Å². The average Bonchev–Trinajstić information content (AvgIpc) is 3.12. The van der Waals surface area contributed by atoms with Crippen LogP contribution in [0.4, 0.5) is 5.69 Å². The molecule has 4 heteroatoms. The highest BCUT2D eigenvalue weighted by atomic mass is 16.5. The smallest absolute Gasteiger partial charge is 0.227 e. The zero-order chi connectivity index (χ0) is 12.3. The van der Waals surface area contributed by atoms with Gasteiger partial charge in [-0.1, -0.05) is 6.07 Å². The molecule has 1 aliphatic carbocycles. The van der Waals surface area contributed by atoms with Gasteiger partial charge in [0.2, 0.25) is 5.91 Å². The third kappa shape index (κ3) is 2.97. The van der Waals surface area contributed by atoms with Crippen molar-refractivity contribution < 1.29 is 9.53 Å². The van der Waals surface area contributed by atoms with Crippen molar-refractivity contribution in [3.63, 3.8) is 0 Å². The van der Waals surface area contributed by atoms with Gasteiger partial charge in [-0.25, -0.2) is 0 Å². The maximum atomic E-state index is 11.7. The lowest BCUT2D eigenvalue weighted by Crippen LogP contribution is -2.14. The molecule has 0 bridgehead atoms. The van der Waals surface area contributed by atoms with E-state index in [1.165, 1.54) is 0 Å². The first-order valence-electron chi connectivity index (χ1n) is 5.62. The van der Waals surface area contributed by atoms with Crippen molar-refractivity contribution in [2.24, 2.45) is 5.92 Å². The standard InChI is InChI=1S/C13H14N2O2/c1-9-2-5-12(17-7-6-14)11(8-9)15-13(16)10-3-4-10/h2,5,8,10H,3-4,7H2,1H3,(H,15,16). The normalized spacial score (nSPS) is 13.9. The Morgan fingerprint density at radius 2 is 2.35 bits per heavy atom. The van der Waals surface area contributed by atoms with Gasteiger partial charge in [0.05, 0.1) is 5.69 Å². The molecule has 0 aromatic heterocycles. The number of ether oxygens (including phenoxy) is 1. The summed E-state index contributed by atoms with van der Waals surface area (Å²) in [5, 5.41) is 11.3. The predicted molar refractivity (Wildman–Crippen MR) is 63.6 cm³/mol. The molecule has 2 rings (SSSR count). The third-order valence-electron chi connectivity index (χ3n) is 2.63. The quantitative estimate of drug-likeness (QED) is 0.862. The summed E-state index contributed by atoms with van der Waals surface area (Å²) in [4.78, 5) is 11.7. The number of nitrogens with one attached hydrogen (secondary N) is 1. The molecule has 1 N–H and O–H groups in total. The van der Waals surface area contributed by atoms with Crippen molar-refractivity contribution in [1.82, 2.24) is 0 Å². The molecule has 1 saturated carbocycles. The van der Waals surface area contributed by atoms with Gasteiger partial charge < -0.3 is 10.1 Å². The Morgan fingerprint density at radius 1 is 1.59 bits per heavy atom. The lowest BCUT2D eigenvalue weighted by molar-refractivity contribution is -0.117. The fraction of sp³-hybridized carbons (Fsp3) is 0.385. The SMILES string of the molecule is Cc1ccc(OCC#N)c(NC(=O)C2CC2)c1. The van der Waals surface area contributed by atoms with Crippen molar-refractivity contribution in [3.05, 3.63) is 23.8 Å².